The van der Waals surface area contributed by atoms with Gasteiger partial charge in [-0.05, 0) is 60.8 Å². The minimum Gasteiger partial charge on any atom is -0.361 e. The molecule has 0 radical (unpaired) electrons. The average Bonchev–Trinajstić information content (AvgIpc) is 2.59. The van der Waals surface area contributed by atoms with E-state index in [-0.39, 0.29) is 0 Å². The van der Waals surface area contributed by atoms with E-state index < -0.39 is 0 Å². The van der Waals surface area contributed by atoms with Gasteiger partial charge < -0.3 is 9.88 Å². The van der Waals surface area contributed by atoms with Crippen LogP contribution in [-0.2, 0) is 6.42 Å². The first-order valence-electron chi connectivity index (χ1n) is 5.07. The Balaban J connectivity index is 2.35. The van der Waals surface area contributed by atoms with Crippen LogP contribution < -0.4 is 0 Å². The fourth-order valence-corrected chi connectivity index (χ4v) is 2.59. The first-order valence-corrected chi connectivity index (χ1v) is 6.15. The van der Waals surface area contributed by atoms with E-state index in [2.05, 4.69) is 71.0 Å². The molecule has 0 aliphatic heterocycles. The van der Waals surface area contributed by atoms with E-state index in [1.54, 1.807) is 0 Å². The van der Waals surface area contributed by atoms with Gasteiger partial charge in [0.15, 0.2) is 0 Å². The molecule has 0 fully saturated rings. The highest BCUT2D eigenvalue weighted by Crippen LogP contribution is 2.24. The van der Waals surface area contributed by atoms with Gasteiger partial charge in [0.2, 0.25) is 0 Å². The van der Waals surface area contributed by atoms with Gasteiger partial charge in [-0.15, -0.1) is 0 Å². The largest absolute Gasteiger partial charge is 0.361 e. The normalized spacial score (nSPS) is 11.5. The molecule has 0 aliphatic rings. The van der Waals surface area contributed by atoms with Gasteiger partial charge in [-0.2, -0.15) is 0 Å². The van der Waals surface area contributed by atoms with Gasteiger partial charge in [0.05, 0.1) is 0 Å². The maximum Gasteiger partial charge on any atom is 0.0467 e. The van der Waals surface area contributed by atoms with E-state index in [0.717, 1.165) is 13.0 Å². The van der Waals surface area contributed by atoms with E-state index in [9.17, 15) is 0 Å². The molecule has 1 aromatic heterocycles. The maximum absolute atomic E-state index is 3.33. The minimum atomic E-state index is 1.10. The number of aromatic nitrogens is 1. The van der Waals surface area contributed by atoms with Crippen molar-refractivity contribution in [3.63, 3.8) is 0 Å². The van der Waals surface area contributed by atoms with Crippen molar-refractivity contribution in [2.75, 3.05) is 20.6 Å². The monoisotopic (exact) mass is 314 g/mol. The predicted molar refractivity (Wildman–Crippen MR) is 73.3 cm³/mol. The van der Waals surface area contributed by atoms with Crippen LogP contribution in [0.4, 0.5) is 0 Å². The summed E-state index contributed by atoms with van der Waals surface area (Å²) in [6, 6.07) is 6.39. The maximum atomic E-state index is 3.33. The van der Waals surface area contributed by atoms with Crippen molar-refractivity contribution in [1.82, 2.24) is 9.88 Å². The predicted octanol–water partition coefficient (Wildman–Crippen LogP) is 2.88. The minimum absolute atomic E-state index is 1.10. The van der Waals surface area contributed by atoms with Gasteiger partial charge in [-0.3, -0.25) is 0 Å². The van der Waals surface area contributed by atoms with Crippen molar-refractivity contribution in [1.29, 1.82) is 0 Å². The molecule has 1 heterocycles. The zero-order chi connectivity index (χ0) is 10.8. The number of benzene rings is 1. The van der Waals surface area contributed by atoms with Gasteiger partial charge in [0.25, 0.3) is 0 Å². The number of nitrogens with one attached hydrogen (secondary N) is 1. The number of halogens is 1. The Morgan fingerprint density at radius 3 is 2.87 bits per heavy atom. The van der Waals surface area contributed by atoms with E-state index >= 15 is 0 Å². The molecule has 0 aliphatic carbocycles. The second-order valence-electron chi connectivity index (χ2n) is 4.03. The van der Waals surface area contributed by atoms with E-state index in [4.69, 9.17) is 0 Å². The summed E-state index contributed by atoms with van der Waals surface area (Å²) < 4.78 is 1.33. The number of aromatic amines is 1. The SMILES string of the molecule is CN(C)CCc1c[nH]c2cccc(I)c12. The molecule has 0 unspecified atom stereocenters. The number of fused-ring (bicyclic) bond motifs is 1. The number of hydrogen-bond donors (Lipinski definition) is 1. The molecular formula is C12H15IN2. The number of nitrogens with zero attached hydrogens (tertiary/aromatic N) is 1. The molecule has 0 saturated carbocycles. The topological polar surface area (TPSA) is 19.0 Å². The molecule has 3 heteroatoms. The molecule has 0 spiro atoms. The van der Waals surface area contributed by atoms with Crippen LogP contribution in [0, 0.1) is 3.57 Å². The number of hydrogen-bond acceptors (Lipinski definition) is 1. The summed E-state index contributed by atoms with van der Waals surface area (Å²) in [6.07, 6.45) is 3.24. The Morgan fingerprint density at radius 2 is 2.13 bits per heavy atom. The van der Waals surface area contributed by atoms with Crippen LogP contribution in [0.15, 0.2) is 24.4 Å². The quantitative estimate of drug-likeness (QED) is 0.863. The first kappa shape index (κ1) is 11.0. The summed E-state index contributed by atoms with van der Waals surface area (Å²) >= 11 is 2.40. The molecule has 15 heavy (non-hydrogen) atoms. The van der Waals surface area contributed by atoms with Crippen LogP contribution in [0.2, 0.25) is 0 Å². The Hall–Kier alpha value is -0.550. The molecule has 2 aromatic rings. The van der Waals surface area contributed by atoms with Crippen LogP contribution in [0.1, 0.15) is 5.56 Å². The summed E-state index contributed by atoms with van der Waals surface area (Å²) in [7, 11) is 4.22. The van der Waals surface area contributed by atoms with Crippen molar-refractivity contribution in [2.45, 2.75) is 6.42 Å². The van der Waals surface area contributed by atoms with Gasteiger partial charge >= 0.3 is 0 Å². The summed E-state index contributed by atoms with van der Waals surface area (Å²) in [5.41, 5.74) is 2.67. The molecule has 0 atom stereocenters. The van der Waals surface area contributed by atoms with E-state index in [1.165, 1.54) is 20.0 Å². The molecule has 0 amide bonds. The van der Waals surface area contributed by atoms with Gasteiger partial charge in [0.1, 0.15) is 0 Å². The van der Waals surface area contributed by atoms with Gasteiger partial charge in [0, 0.05) is 27.2 Å². The zero-order valence-electron chi connectivity index (χ0n) is 9.05. The average molecular weight is 314 g/mol. The summed E-state index contributed by atoms with van der Waals surface area (Å²) in [5, 5.41) is 1.39. The summed E-state index contributed by atoms with van der Waals surface area (Å²) in [5.74, 6) is 0. The van der Waals surface area contributed by atoms with Crippen molar-refractivity contribution in [3.8, 4) is 0 Å². The van der Waals surface area contributed by atoms with Gasteiger partial charge in [-0.25, -0.2) is 0 Å². The zero-order valence-corrected chi connectivity index (χ0v) is 11.2. The van der Waals surface area contributed by atoms with Crippen LogP contribution in [0.5, 0.6) is 0 Å². The number of rotatable bonds is 3. The standard InChI is InChI=1S/C12H15IN2/c1-15(2)7-6-9-8-14-11-5-3-4-10(13)12(9)11/h3-5,8,14H,6-7H2,1-2H3. The molecule has 2 rings (SSSR count). The molecular weight excluding hydrogens is 299 g/mol. The van der Waals surface area contributed by atoms with E-state index in [1.807, 2.05) is 0 Å². The highest BCUT2D eigenvalue weighted by atomic mass is 127. The molecule has 80 valence electrons. The molecule has 2 nitrogen and oxygen atoms in total. The lowest BCUT2D eigenvalue weighted by atomic mass is 10.1. The number of H-pyrrole nitrogens is 1. The highest BCUT2D eigenvalue weighted by molar-refractivity contribution is 14.1. The lowest BCUT2D eigenvalue weighted by Crippen LogP contribution is -2.14. The highest BCUT2D eigenvalue weighted by Gasteiger charge is 2.06. The summed E-state index contributed by atoms with van der Waals surface area (Å²) in [4.78, 5) is 5.55. The Bertz CT molecular complexity index is 460. The summed E-state index contributed by atoms with van der Waals surface area (Å²) in [6.45, 7) is 1.10. The fraction of sp³-hybridized carbons (Fsp3) is 0.333. The second kappa shape index (κ2) is 4.53. The number of likely N-dealkylation sites (N-methyl/N-ethyl adjacent to an activating group) is 1. The van der Waals surface area contributed by atoms with Crippen LogP contribution >= 0.6 is 22.6 Å². The Morgan fingerprint density at radius 1 is 1.33 bits per heavy atom. The van der Waals surface area contributed by atoms with Crippen LogP contribution in [0.25, 0.3) is 10.9 Å². The smallest absolute Gasteiger partial charge is 0.0467 e. The van der Waals surface area contributed by atoms with Crippen LogP contribution in [-0.4, -0.2) is 30.5 Å². The first-order chi connectivity index (χ1) is 7.18. The van der Waals surface area contributed by atoms with Crippen molar-refractivity contribution < 1.29 is 0 Å². The fourth-order valence-electron chi connectivity index (χ4n) is 1.75. The molecule has 0 saturated heterocycles. The van der Waals surface area contributed by atoms with Crippen molar-refractivity contribution >= 4 is 33.5 Å². The van der Waals surface area contributed by atoms with Gasteiger partial charge in [-0.1, -0.05) is 6.07 Å². The Kier molecular flexibility index (Phi) is 3.31. The van der Waals surface area contributed by atoms with E-state index in [0.29, 0.717) is 0 Å². The van der Waals surface area contributed by atoms with Crippen molar-refractivity contribution in [2.24, 2.45) is 0 Å². The second-order valence-corrected chi connectivity index (χ2v) is 5.19. The third-order valence-electron chi connectivity index (χ3n) is 2.56. The Labute approximate surface area is 104 Å². The third kappa shape index (κ3) is 2.34. The lowest BCUT2D eigenvalue weighted by Gasteiger charge is -2.08. The molecule has 1 aromatic carbocycles. The third-order valence-corrected chi connectivity index (χ3v) is 3.46. The molecule has 1 N–H and O–H groups in total. The van der Waals surface area contributed by atoms with Crippen LogP contribution in [0.3, 0.4) is 0 Å². The molecule has 0 bridgehead atoms. The lowest BCUT2D eigenvalue weighted by molar-refractivity contribution is 0.414. The van der Waals surface area contributed by atoms with Crippen molar-refractivity contribution in [3.05, 3.63) is 33.5 Å².